The highest BCUT2D eigenvalue weighted by molar-refractivity contribution is 5.78. The first-order valence-electron chi connectivity index (χ1n) is 2.73. The number of nitrogens with one attached hydrogen (secondary N) is 2. The first kappa shape index (κ1) is 8.04. The molecule has 0 aliphatic carbocycles. The molecule has 3 nitrogen and oxygen atoms in total. The quantitative estimate of drug-likeness (QED) is 0.415. The van der Waals surface area contributed by atoms with Crippen molar-refractivity contribution in [1.29, 1.82) is 5.41 Å². The summed E-state index contributed by atoms with van der Waals surface area (Å²) in [6.45, 7) is 0.837. The lowest BCUT2D eigenvalue weighted by Gasteiger charge is -1.82. The van der Waals surface area contributed by atoms with Gasteiger partial charge in [-0.25, -0.2) is 4.99 Å². The van der Waals surface area contributed by atoms with Crippen LogP contribution in [0.1, 0.15) is 0 Å². The molecule has 0 rings (SSSR count). The maximum absolute atomic E-state index is 6.51. The predicted molar refractivity (Wildman–Crippen MR) is 40.3 cm³/mol. The van der Waals surface area contributed by atoms with E-state index >= 15 is 0 Å². The maximum atomic E-state index is 6.51. The zero-order valence-electron chi connectivity index (χ0n) is 5.46. The Bertz CT molecular complexity index is 115. The van der Waals surface area contributed by atoms with Gasteiger partial charge in [0, 0.05) is 12.8 Å². The van der Waals surface area contributed by atoms with Crippen LogP contribution >= 0.6 is 0 Å². The molecule has 0 unspecified atom stereocenters. The highest BCUT2D eigenvalue weighted by Gasteiger charge is 1.65. The van der Waals surface area contributed by atoms with Crippen LogP contribution in [-0.4, -0.2) is 26.1 Å². The Kier molecular flexibility index (Phi) is 6.29. The van der Waals surface area contributed by atoms with Crippen molar-refractivity contribution in [2.45, 2.75) is 0 Å². The van der Waals surface area contributed by atoms with Crippen LogP contribution < -0.4 is 5.32 Å². The van der Waals surface area contributed by atoms with Crippen LogP contribution in [0.3, 0.4) is 0 Å². The van der Waals surface area contributed by atoms with Crippen LogP contribution in [0, 0.1) is 5.41 Å². The van der Waals surface area contributed by atoms with Gasteiger partial charge in [0.2, 0.25) is 0 Å². The first-order valence-corrected chi connectivity index (χ1v) is 2.73. The van der Waals surface area contributed by atoms with E-state index in [0.717, 1.165) is 12.9 Å². The molecule has 50 valence electrons. The predicted octanol–water partition coefficient (Wildman–Crippen LogP) is 0.440. The van der Waals surface area contributed by atoms with Gasteiger partial charge in [-0.2, -0.15) is 0 Å². The van der Waals surface area contributed by atoms with Gasteiger partial charge in [0.15, 0.2) is 0 Å². The second kappa shape index (κ2) is 7.04. The highest BCUT2D eigenvalue weighted by Crippen LogP contribution is 1.64. The number of rotatable bonds is 4. The number of nitrogens with zero attached hydrogens (tertiary/aromatic N) is 1. The summed E-state index contributed by atoms with van der Waals surface area (Å²) in [6, 6.07) is 0. The van der Waals surface area contributed by atoms with Crippen molar-refractivity contribution in [3.63, 3.8) is 0 Å². The van der Waals surface area contributed by atoms with Gasteiger partial charge in [0.25, 0.3) is 0 Å². The molecule has 0 aliphatic heterocycles. The molecule has 0 aromatic carbocycles. The van der Waals surface area contributed by atoms with Gasteiger partial charge in [-0.1, -0.05) is 6.08 Å². The molecule has 0 spiro atoms. The zero-order chi connectivity index (χ0) is 6.95. The van der Waals surface area contributed by atoms with Gasteiger partial charge in [-0.3, -0.25) is 5.41 Å². The SMILES string of the molecule is CNC/C=C\C=NC=N. The van der Waals surface area contributed by atoms with Crippen LogP contribution in [0.15, 0.2) is 17.1 Å². The molecule has 0 fully saturated rings. The van der Waals surface area contributed by atoms with Gasteiger partial charge in [-0.15, -0.1) is 0 Å². The number of aliphatic imine (C=N–C) groups is 1. The van der Waals surface area contributed by atoms with Crippen molar-refractivity contribution >= 4 is 12.6 Å². The van der Waals surface area contributed by atoms with Crippen molar-refractivity contribution in [2.75, 3.05) is 13.6 Å². The molecule has 3 heteroatoms. The molecule has 0 saturated carbocycles. The normalized spacial score (nSPS) is 11.2. The minimum absolute atomic E-state index is 0.837. The zero-order valence-corrected chi connectivity index (χ0v) is 5.46. The first-order chi connectivity index (χ1) is 4.41. The fourth-order valence-corrected chi connectivity index (χ4v) is 0.339. The fourth-order valence-electron chi connectivity index (χ4n) is 0.339. The Balaban J connectivity index is 3.23. The van der Waals surface area contributed by atoms with Crippen molar-refractivity contribution in [3.8, 4) is 0 Å². The third-order valence-corrected chi connectivity index (χ3v) is 0.705. The van der Waals surface area contributed by atoms with Crippen LogP contribution in [0.2, 0.25) is 0 Å². The van der Waals surface area contributed by atoms with Crippen LogP contribution in [0.5, 0.6) is 0 Å². The van der Waals surface area contributed by atoms with E-state index in [1.54, 1.807) is 12.3 Å². The average Bonchev–Trinajstić information content (AvgIpc) is 1.89. The molecule has 0 aromatic rings. The standard InChI is InChI=1S/C6H11N3/c1-8-4-2-3-5-9-6-7/h2-3,5-8H,4H2,1H3/b3-2-,7-6?,9-5?. The summed E-state index contributed by atoms with van der Waals surface area (Å²) in [4.78, 5) is 3.55. The molecule has 0 aliphatic rings. The molecular weight excluding hydrogens is 114 g/mol. The van der Waals surface area contributed by atoms with E-state index in [4.69, 9.17) is 5.41 Å². The molecular formula is C6H11N3. The fraction of sp³-hybridized carbons (Fsp3) is 0.333. The Morgan fingerprint density at radius 1 is 1.67 bits per heavy atom. The molecule has 0 saturated heterocycles. The summed E-state index contributed by atoms with van der Waals surface area (Å²) in [7, 11) is 1.87. The molecule has 2 N–H and O–H groups in total. The summed E-state index contributed by atoms with van der Waals surface area (Å²) in [6.07, 6.45) is 6.29. The number of likely N-dealkylation sites (N-methyl/N-ethyl adjacent to an activating group) is 1. The third kappa shape index (κ3) is 7.04. The highest BCUT2D eigenvalue weighted by atomic mass is 14.8. The summed E-state index contributed by atoms with van der Waals surface area (Å²) in [5.74, 6) is 0. The Hall–Kier alpha value is -0.960. The van der Waals surface area contributed by atoms with Gasteiger partial charge in [0.1, 0.15) is 6.34 Å². The van der Waals surface area contributed by atoms with Crippen molar-refractivity contribution in [3.05, 3.63) is 12.2 Å². The van der Waals surface area contributed by atoms with Gasteiger partial charge in [-0.05, 0) is 13.1 Å². The Labute approximate surface area is 55.0 Å². The molecule has 0 aromatic heterocycles. The van der Waals surface area contributed by atoms with E-state index in [9.17, 15) is 0 Å². The Morgan fingerprint density at radius 2 is 2.44 bits per heavy atom. The molecule has 0 atom stereocenters. The smallest absolute Gasteiger partial charge is 0.106 e. The summed E-state index contributed by atoms with van der Waals surface area (Å²) in [5.41, 5.74) is 0. The van der Waals surface area contributed by atoms with E-state index in [0.29, 0.717) is 0 Å². The molecule has 0 amide bonds. The van der Waals surface area contributed by atoms with Crippen molar-refractivity contribution < 1.29 is 0 Å². The van der Waals surface area contributed by atoms with Gasteiger partial charge in [0.05, 0.1) is 0 Å². The topological polar surface area (TPSA) is 48.2 Å². The lowest BCUT2D eigenvalue weighted by molar-refractivity contribution is 0.920. The molecule has 0 radical (unpaired) electrons. The lowest BCUT2D eigenvalue weighted by Crippen LogP contribution is -2.03. The summed E-state index contributed by atoms with van der Waals surface area (Å²) >= 11 is 0. The minimum Gasteiger partial charge on any atom is -0.316 e. The molecule has 9 heavy (non-hydrogen) atoms. The number of hydrogen-bond donors (Lipinski definition) is 2. The number of hydrogen-bond acceptors (Lipinski definition) is 2. The molecule has 0 heterocycles. The minimum atomic E-state index is 0.837. The number of allylic oxidation sites excluding steroid dienone is 1. The average molecular weight is 125 g/mol. The van der Waals surface area contributed by atoms with E-state index in [1.807, 2.05) is 13.1 Å². The van der Waals surface area contributed by atoms with E-state index in [-0.39, 0.29) is 0 Å². The van der Waals surface area contributed by atoms with E-state index in [2.05, 4.69) is 10.3 Å². The molecule has 0 bridgehead atoms. The second-order valence-corrected chi connectivity index (χ2v) is 1.41. The van der Waals surface area contributed by atoms with Crippen LogP contribution in [0.4, 0.5) is 0 Å². The largest absolute Gasteiger partial charge is 0.316 e. The monoisotopic (exact) mass is 125 g/mol. The van der Waals surface area contributed by atoms with Crippen molar-refractivity contribution in [2.24, 2.45) is 4.99 Å². The van der Waals surface area contributed by atoms with E-state index in [1.165, 1.54) is 0 Å². The van der Waals surface area contributed by atoms with Gasteiger partial charge >= 0.3 is 0 Å². The maximum Gasteiger partial charge on any atom is 0.106 e. The van der Waals surface area contributed by atoms with E-state index < -0.39 is 0 Å². The van der Waals surface area contributed by atoms with Crippen molar-refractivity contribution in [1.82, 2.24) is 5.32 Å². The summed E-state index contributed by atoms with van der Waals surface area (Å²) in [5, 5.41) is 9.45. The van der Waals surface area contributed by atoms with Gasteiger partial charge < -0.3 is 5.32 Å². The van der Waals surface area contributed by atoms with Crippen LogP contribution in [0.25, 0.3) is 0 Å². The Morgan fingerprint density at radius 3 is 3.00 bits per heavy atom. The lowest BCUT2D eigenvalue weighted by atomic mass is 10.5. The second-order valence-electron chi connectivity index (χ2n) is 1.41. The third-order valence-electron chi connectivity index (χ3n) is 0.705. The van der Waals surface area contributed by atoms with Crippen LogP contribution in [-0.2, 0) is 0 Å². The summed E-state index contributed by atoms with van der Waals surface area (Å²) < 4.78 is 0.